The highest BCUT2D eigenvalue weighted by Gasteiger charge is 2.41. The quantitative estimate of drug-likeness (QED) is 0.571. The molecule has 0 saturated carbocycles. The van der Waals surface area contributed by atoms with Gasteiger partial charge in [0, 0.05) is 10.6 Å². The molecule has 6 heteroatoms. The van der Waals surface area contributed by atoms with Crippen molar-refractivity contribution in [1.29, 1.82) is 0 Å². The summed E-state index contributed by atoms with van der Waals surface area (Å²) in [6.07, 6.45) is -2.67. The van der Waals surface area contributed by atoms with Crippen molar-refractivity contribution in [2.75, 3.05) is 12.4 Å². The van der Waals surface area contributed by atoms with Crippen molar-refractivity contribution in [3.8, 4) is 0 Å². The highest BCUT2D eigenvalue weighted by Crippen LogP contribution is 2.25. The SMILES string of the molecule is NC1C(O)C(O)C(CO)O[C@@H]1CCSc1ccccc1. The van der Waals surface area contributed by atoms with Crippen molar-refractivity contribution < 1.29 is 20.1 Å². The van der Waals surface area contributed by atoms with E-state index in [9.17, 15) is 10.2 Å². The lowest BCUT2D eigenvalue weighted by atomic mass is 9.92. The topological polar surface area (TPSA) is 95.9 Å². The van der Waals surface area contributed by atoms with E-state index in [0.717, 1.165) is 10.6 Å². The van der Waals surface area contributed by atoms with Crippen LogP contribution in [0.3, 0.4) is 0 Å². The van der Waals surface area contributed by atoms with Crippen LogP contribution in [-0.2, 0) is 4.74 Å². The first-order valence-corrected chi connectivity index (χ1v) is 7.68. The van der Waals surface area contributed by atoms with Gasteiger partial charge in [0.1, 0.15) is 18.3 Å². The van der Waals surface area contributed by atoms with Crippen molar-refractivity contribution in [2.45, 2.75) is 41.8 Å². The second-order valence-corrected chi connectivity index (χ2v) is 6.07. The maximum absolute atomic E-state index is 9.86. The number of rotatable bonds is 5. The Morgan fingerprint density at radius 3 is 2.45 bits per heavy atom. The second-order valence-electron chi connectivity index (χ2n) is 4.90. The van der Waals surface area contributed by atoms with Crippen LogP contribution in [0, 0.1) is 0 Å². The maximum atomic E-state index is 9.86. The number of benzene rings is 1. The van der Waals surface area contributed by atoms with Gasteiger partial charge in [0.2, 0.25) is 0 Å². The van der Waals surface area contributed by atoms with Crippen molar-refractivity contribution in [3.05, 3.63) is 30.3 Å². The fourth-order valence-corrected chi connectivity index (χ4v) is 3.22. The minimum atomic E-state index is -1.13. The van der Waals surface area contributed by atoms with Crippen LogP contribution in [0.1, 0.15) is 6.42 Å². The third-order valence-electron chi connectivity index (χ3n) is 3.50. The number of thioether (sulfide) groups is 1. The molecule has 1 aromatic carbocycles. The third kappa shape index (κ3) is 3.72. The summed E-state index contributed by atoms with van der Waals surface area (Å²) in [5, 5.41) is 28.7. The lowest BCUT2D eigenvalue weighted by Crippen LogP contribution is -2.61. The molecule has 1 saturated heterocycles. The monoisotopic (exact) mass is 299 g/mol. The van der Waals surface area contributed by atoms with Crippen molar-refractivity contribution in [3.63, 3.8) is 0 Å². The molecule has 5 nitrogen and oxygen atoms in total. The Labute approximate surface area is 122 Å². The van der Waals surface area contributed by atoms with E-state index in [1.807, 2.05) is 30.3 Å². The molecule has 4 unspecified atom stereocenters. The fraction of sp³-hybridized carbons (Fsp3) is 0.571. The first kappa shape index (κ1) is 15.8. The Balaban J connectivity index is 1.85. The first-order chi connectivity index (χ1) is 9.63. The summed E-state index contributed by atoms with van der Waals surface area (Å²) in [5.41, 5.74) is 5.88. The summed E-state index contributed by atoms with van der Waals surface area (Å²) in [6, 6.07) is 9.35. The molecule has 0 aliphatic carbocycles. The molecule has 112 valence electrons. The molecule has 20 heavy (non-hydrogen) atoms. The highest BCUT2D eigenvalue weighted by molar-refractivity contribution is 7.99. The number of hydrogen-bond donors (Lipinski definition) is 4. The van der Waals surface area contributed by atoms with E-state index < -0.39 is 24.4 Å². The lowest BCUT2D eigenvalue weighted by molar-refractivity contribution is -0.188. The van der Waals surface area contributed by atoms with Gasteiger partial charge in [0.25, 0.3) is 0 Å². The molecule has 5 N–H and O–H groups in total. The summed E-state index contributed by atoms with van der Waals surface area (Å²) >= 11 is 1.68. The Hall–Kier alpha value is -0.630. The van der Waals surface area contributed by atoms with Crippen LogP contribution in [0.4, 0.5) is 0 Å². The number of aliphatic hydroxyl groups excluding tert-OH is 3. The van der Waals surface area contributed by atoms with Gasteiger partial charge >= 0.3 is 0 Å². The Morgan fingerprint density at radius 2 is 1.80 bits per heavy atom. The standard InChI is InChI=1S/C14H21NO4S/c15-12-10(19-11(8-16)13(17)14(12)18)6-7-20-9-4-2-1-3-5-9/h1-5,10-14,16-18H,6-8,15H2/t10-,11?,12?,13?,14?/m1/s1. The Kier molecular flexibility index (Phi) is 5.83. The van der Waals surface area contributed by atoms with Crippen LogP contribution < -0.4 is 5.73 Å². The van der Waals surface area contributed by atoms with Crippen LogP contribution in [0.25, 0.3) is 0 Å². The molecule has 0 amide bonds. The summed E-state index contributed by atoms with van der Waals surface area (Å²) < 4.78 is 5.57. The molecule has 1 aliphatic rings. The molecule has 1 aromatic rings. The summed E-state index contributed by atoms with van der Waals surface area (Å²) in [4.78, 5) is 1.16. The number of ether oxygens (including phenoxy) is 1. The van der Waals surface area contributed by atoms with E-state index in [2.05, 4.69) is 0 Å². The lowest BCUT2D eigenvalue weighted by Gasteiger charge is -2.40. The molecule has 1 heterocycles. The minimum Gasteiger partial charge on any atom is -0.394 e. The van der Waals surface area contributed by atoms with Crippen LogP contribution in [0.2, 0.25) is 0 Å². The average molecular weight is 299 g/mol. The smallest absolute Gasteiger partial charge is 0.110 e. The zero-order chi connectivity index (χ0) is 14.5. The molecule has 5 atom stereocenters. The molecule has 2 rings (SSSR count). The molecular formula is C14H21NO4S. The van der Waals surface area contributed by atoms with Gasteiger partial charge in [-0.3, -0.25) is 0 Å². The van der Waals surface area contributed by atoms with Gasteiger partial charge in [-0.2, -0.15) is 0 Å². The first-order valence-electron chi connectivity index (χ1n) is 6.69. The predicted molar refractivity (Wildman–Crippen MR) is 77.5 cm³/mol. The van der Waals surface area contributed by atoms with E-state index in [1.54, 1.807) is 11.8 Å². The largest absolute Gasteiger partial charge is 0.394 e. The molecule has 0 spiro atoms. The molecule has 0 bridgehead atoms. The van der Waals surface area contributed by atoms with Crippen LogP contribution in [0.5, 0.6) is 0 Å². The summed E-state index contributed by atoms with van der Waals surface area (Å²) in [5.74, 6) is 0.795. The normalized spacial score (nSPS) is 34.1. The van der Waals surface area contributed by atoms with Crippen molar-refractivity contribution in [1.82, 2.24) is 0 Å². The van der Waals surface area contributed by atoms with Gasteiger partial charge in [-0.1, -0.05) is 18.2 Å². The summed E-state index contributed by atoms with van der Waals surface area (Å²) in [7, 11) is 0. The minimum absolute atomic E-state index is 0.326. The van der Waals surface area contributed by atoms with Gasteiger partial charge in [-0.25, -0.2) is 0 Å². The predicted octanol–water partition coefficient (Wildman–Crippen LogP) is -0.0224. The zero-order valence-corrected chi connectivity index (χ0v) is 11.9. The van der Waals surface area contributed by atoms with Crippen LogP contribution in [-0.4, -0.2) is 58.1 Å². The second kappa shape index (κ2) is 7.40. The highest BCUT2D eigenvalue weighted by atomic mass is 32.2. The van der Waals surface area contributed by atoms with Crippen molar-refractivity contribution in [2.24, 2.45) is 5.73 Å². The number of aliphatic hydroxyl groups is 3. The van der Waals surface area contributed by atoms with Crippen LogP contribution in [0.15, 0.2) is 35.2 Å². The fourth-order valence-electron chi connectivity index (χ4n) is 2.28. The molecule has 0 radical (unpaired) electrons. The van der Waals surface area contributed by atoms with E-state index >= 15 is 0 Å². The Morgan fingerprint density at radius 1 is 1.10 bits per heavy atom. The van der Waals surface area contributed by atoms with E-state index in [0.29, 0.717) is 6.42 Å². The van der Waals surface area contributed by atoms with Crippen LogP contribution >= 0.6 is 11.8 Å². The Bertz CT molecular complexity index is 403. The van der Waals surface area contributed by atoms with Gasteiger partial charge in [-0.15, -0.1) is 11.8 Å². The van der Waals surface area contributed by atoms with E-state index in [-0.39, 0.29) is 12.7 Å². The van der Waals surface area contributed by atoms with E-state index in [4.69, 9.17) is 15.6 Å². The van der Waals surface area contributed by atoms with E-state index in [1.165, 1.54) is 0 Å². The molecule has 0 aromatic heterocycles. The van der Waals surface area contributed by atoms with Gasteiger partial charge in [-0.05, 0) is 18.6 Å². The van der Waals surface area contributed by atoms with Gasteiger partial charge in [0.05, 0.1) is 18.8 Å². The number of nitrogens with two attached hydrogens (primary N) is 1. The number of hydrogen-bond acceptors (Lipinski definition) is 6. The summed E-state index contributed by atoms with van der Waals surface area (Å²) in [6.45, 7) is -0.326. The van der Waals surface area contributed by atoms with Gasteiger partial charge < -0.3 is 25.8 Å². The molecular weight excluding hydrogens is 278 g/mol. The molecule has 1 aliphatic heterocycles. The third-order valence-corrected chi connectivity index (χ3v) is 4.54. The zero-order valence-electron chi connectivity index (χ0n) is 11.1. The van der Waals surface area contributed by atoms with Crippen molar-refractivity contribution >= 4 is 11.8 Å². The maximum Gasteiger partial charge on any atom is 0.110 e. The molecule has 1 fully saturated rings. The average Bonchev–Trinajstić information content (AvgIpc) is 2.48. The van der Waals surface area contributed by atoms with Gasteiger partial charge in [0.15, 0.2) is 0 Å².